The summed E-state index contributed by atoms with van der Waals surface area (Å²) in [6, 6.07) is 5.67. The Bertz CT molecular complexity index is 542. The van der Waals surface area contributed by atoms with E-state index in [4.69, 9.17) is 10.5 Å². The van der Waals surface area contributed by atoms with Crippen molar-refractivity contribution in [1.29, 1.82) is 0 Å². The van der Waals surface area contributed by atoms with Gasteiger partial charge in [-0.1, -0.05) is 19.1 Å². The fourth-order valence-corrected chi connectivity index (χ4v) is 2.64. The van der Waals surface area contributed by atoms with Crippen molar-refractivity contribution in [3.05, 3.63) is 29.3 Å². The second kappa shape index (κ2) is 6.72. The summed E-state index contributed by atoms with van der Waals surface area (Å²) in [6.45, 7) is 4.20. The molecule has 1 heterocycles. The van der Waals surface area contributed by atoms with Gasteiger partial charge in [-0.2, -0.15) is 0 Å². The summed E-state index contributed by atoms with van der Waals surface area (Å²) in [6.07, 6.45) is 1.50. The predicted molar refractivity (Wildman–Crippen MR) is 80.7 cm³/mol. The summed E-state index contributed by atoms with van der Waals surface area (Å²) in [4.78, 5) is 22.8. The van der Waals surface area contributed by atoms with Crippen LogP contribution in [0.2, 0.25) is 0 Å². The zero-order chi connectivity index (χ0) is 15.4. The minimum atomic E-state index is -0.180. The van der Waals surface area contributed by atoms with Gasteiger partial charge in [0.1, 0.15) is 0 Å². The molecule has 21 heavy (non-hydrogen) atoms. The van der Waals surface area contributed by atoms with Crippen LogP contribution in [0.25, 0.3) is 0 Å². The summed E-state index contributed by atoms with van der Waals surface area (Å²) < 4.78 is 4.95. The largest absolute Gasteiger partial charge is 0.466 e. The molecule has 0 spiro atoms. The topological polar surface area (TPSA) is 81.4 Å². The molecule has 0 aliphatic carbocycles. The maximum absolute atomic E-state index is 11.5. The molecule has 1 aliphatic heterocycles. The highest BCUT2D eigenvalue weighted by molar-refractivity contribution is 5.99. The summed E-state index contributed by atoms with van der Waals surface area (Å²) >= 11 is 0. The minimum absolute atomic E-state index is 0.0198. The fourth-order valence-electron chi connectivity index (χ4n) is 2.64. The molecule has 3 N–H and O–H groups in total. The van der Waals surface area contributed by atoms with Crippen LogP contribution in [0.3, 0.4) is 0 Å². The maximum atomic E-state index is 11.5. The Kier molecular flexibility index (Phi) is 4.96. The average Bonchev–Trinajstić information content (AvgIpc) is 2.77. The number of ether oxygens (including phenoxy) is 1. The number of benzene rings is 1. The van der Waals surface area contributed by atoms with Gasteiger partial charge < -0.3 is 15.8 Å². The van der Waals surface area contributed by atoms with Gasteiger partial charge in [-0.15, -0.1) is 0 Å². The van der Waals surface area contributed by atoms with Crippen LogP contribution in [-0.4, -0.2) is 18.5 Å². The number of rotatable bonds is 6. The minimum Gasteiger partial charge on any atom is -0.466 e. The smallest absolute Gasteiger partial charge is 0.306 e. The lowest BCUT2D eigenvalue weighted by Gasteiger charge is -2.17. The lowest BCUT2D eigenvalue weighted by molar-refractivity contribution is -0.144. The number of nitrogens with two attached hydrogens (primary N) is 1. The van der Waals surface area contributed by atoms with E-state index in [1.165, 1.54) is 0 Å². The summed E-state index contributed by atoms with van der Waals surface area (Å²) in [5, 5.41) is 2.80. The molecular weight excluding hydrogens is 268 g/mol. The van der Waals surface area contributed by atoms with E-state index >= 15 is 0 Å². The maximum Gasteiger partial charge on any atom is 0.306 e. The number of fused-ring (bicyclic) bond motifs is 1. The van der Waals surface area contributed by atoms with Crippen LogP contribution in [0.4, 0.5) is 5.69 Å². The first-order valence-corrected chi connectivity index (χ1v) is 7.33. The van der Waals surface area contributed by atoms with Crippen LogP contribution in [0.1, 0.15) is 43.9 Å². The number of nitrogens with one attached hydrogen (secondary N) is 1. The van der Waals surface area contributed by atoms with Gasteiger partial charge in [0.05, 0.1) is 13.0 Å². The number of hydrogen-bond donors (Lipinski definition) is 2. The summed E-state index contributed by atoms with van der Waals surface area (Å²) in [5.41, 5.74) is 9.08. The molecule has 0 aromatic heterocycles. The molecular formula is C16H22N2O3. The van der Waals surface area contributed by atoms with E-state index in [1.807, 2.05) is 25.1 Å². The van der Waals surface area contributed by atoms with Crippen molar-refractivity contribution >= 4 is 17.6 Å². The Hall–Kier alpha value is -1.88. The quantitative estimate of drug-likeness (QED) is 0.787. The number of carbonyl (C=O) groups is 2. The van der Waals surface area contributed by atoms with E-state index in [1.54, 1.807) is 6.92 Å². The molecule has 5 heteroatoms. The van der Waals surface area contributed by atoms with Crippen LogP contribution in [0, 0.1) is 5.92 Å². The van der Waals surface area contributed by atoms with Crippen LogP contribution < -0.4 is 11.1 Å². The van der Waals surface area contributed by atoms with E-state index in [2.05, 4.69) is 5.32 Å². The molecule has 1 aliphatic rings. The van der Waals surface area contributed by atoms with E-state index < -0.39 is 0 Å². The Balaban J connectivity index is 1.94. The van der Waals surface area contributed by atoms with Crippen molar-refractivity contribution < 1.29 is 14.3 Å². The molecule has 114 valence electrons. The van der Waals surface area contributed by atoms with Gasteiger partial charge in [-0.3, -0.25) is 9.59 Å². The third kappa shape index (κ3) is 4.04. The van der Waals surface area contributed by atoms with Crippen LogP contribution in [0.15, 0.2) is 18.2 Å². The zero-order valence-electron chi connectivity index (χ0n) is 12.5. The van der Waals surface area contributed by atoms with Crippen molar-refractivity contribution in [3.63, 3.8) is 0 Å². The molecule has 0 fully saturated rings. The van der Waals surface area contributed by atoms with Gasteiger partial charge in [-0.25, -0.2) is 0 Å². The normalized spacial score (nSPS) is 16.0. The van der Waals surface area contributed by atoms with E-state index in [0.29, 0.717) is 25.9 Å². The van der Waals surface area contributed by atoms with E-state index in [0.717, 1.165) is 16.8 Å². The lowest BCUT2D eigenvalue weighted by atomic mass is 9.93. The van der Waals surface area contributed by atoms with Crippen molar-refractivity contribution in [1.82, 2.24) is 0 Å². The first kappa shape index (κ1) is 15.5. The standard InChI is InChI=1S/C16H22N2O3/c1-3-21-16(20)7-10(2)6-13(17)11-4-5-14-12(8-11)9-15(19)18-14/h4-5,8,10,13H,3,6-7,9,17H2,1-2H3,(H,18,19). The summed E-state index contributed by atoms with van der Waals surface area (Å²) in [7, 11) is 0. The molecule has 0 radical (unpaired) electrons. The number of hydrogen-bond acceptors (Lipinski definition) is 4. The first-order valence-electron chi connectivity index (χ1n) is 7.33. The van der Waals surface area contributed by atoms with E-state index in [-0.39, 0.29) is 23.8 Å². The molecule has 0 saturated carbocycles. The third-order valence-electron chi connectivity index (χ3n) is 3.66. The van der Waals surface area contributed by atoms with Gasteiger partial charge in [-0.05, 0) is 36.5 Å². The van der Waals surface area contributed by atoms with Crippen molar-refractivity contribution in [2.24, 2.45) is 11.7 Å². The van der Waals surface area contributed by atoms with Gasteiger partial charge in [0.2, 0.25) is 5.91 Å². The number of carbonyl (C=O) groups excluding carboxylic acids is 2. The number of amides is 1. The molecule has 2 atom stereocenters. The third-order valence-corrected chi connectivity index (χ3v) is 3.66. The Morgan fingerprint density at radius 2 is 2.24 bits per heavy atom. The first-order chi connectivity index (χ1) is 9.99. The summed E-state index contributed by atoms with van der Waals surface area (Å²) in [5.74, 6) is -0.000544. The van der Waals surface area contributed by atoms with Crippen LogP contribution in [-0.2, 0) is 20.7 Å². The predicted octanol–water partition coefficient (Wildman–Crippen LogP) is 2.16. The van der Waals surface area contributed by atoms with Crippen LogP contribution in [0.5, 0.6) is 0 Å². The molecule has 1 aromatic carbocycles. The lowest BCUT2D eigenvalue weighted by Crippen LogP contribution is -2.17. The Morgan fingerprint density at radius 3 is 2.95 bits per heavy atom. The highest BCUT2D eigenvalue weighted by atomic mass is 16.5. The zero-order valence-corrected chi connectivity index (χ0v) is 12.5. The fraction of sp³-hybridized carbons (Fsp3) is 0.500. The molecule has 5 nitrogen and oxygen atoms in total. The van der Waals surface area contributed by atoms with Crippen molar-refractivity contribution in [2.45, 2.75) is 39.2 Å². The molecule has 0 saturated heterocycles. The molecule has 1 aromatic rings. The number of esters is 1. The molecule has 1 amide bonds. The second-order valence-electron chi connectivity index (χ2n) is 5.60. The van der Waals surface area contributed by atoms with Gasteiger partial charge in [0.15, 0.2) is 0 Å². The van der Waals surface area contributed by atoms with E-state index in [9.17, 15) is 9.59 Å². The monoisotopic (exact) mass is 290 g/mol. The SMILES string of the molecule is CCOC(=O)CC(C)CC(N)c1ccc2c(c1)CC(=O)N2. The average molecular weight is 290 g/mol. The Labute approximate surface area is 124 Å². The van der Waals surface area contributed by atoms with Gasteiger partial charge in [0, 0.05) is 18.2 Å². The highest BCUT2D eigenvalue weighted by Crippen LogP contribution is 2.28. The molecule has 2 rings (SSSR count). The number of anilines is 1. The molecule has 2 unspecified atom stereocenters. The van der Waals surface area contributed by atoms with Crippen molar-refractivity contribution in [2.75, 3.05) is 11.9 Å². The van der Waals surface area contributed by atoms with Crippen molar-refractivity contribution in [3.8, 4) is 0 Å². The van der Waals surface area contributed by atoms with Gasteiger partial charge >= 0.3 is 5.97 Å². The highest BCUT2D eigenvalue weighted by Gasteiger charge is 2.20. The van der Waals surface area contributed by atoms with Crippen LogP contribution >= 0.6 is 0 Å². The van der Waals surface area contributed by atoms with Gasteiger partial charge in [0.25, 0.3) is 0 Å². The second-order valence-corrected chi connectivity index (χ2v) is 5.60. The Morgan fingerprint density at radius 1 is 1.48 bits per heavy atom. The molecule has 0 bridgehead atoms.